The smallest absolute Gasteiger partial charge is 0.312 e. The molecule has 1 aromatic rings. The molecule has 0 saturated heterocycles. The minimum absolute atomic E-state index is 0.722. The highest BCUT2D eigenvalue weighted by atomic mass is 32.1. The first-order chi connectivity index (χ1) is 6.89. The van der Waals surface area contributed by atoms with E-state index in [1.807, 2.05) is 13.0 Å². The van der Waals surface area contributed by atoms with Gasteiger partial charge in [0.25, 0.3) is 0 Å². The van der Waals surface area contributed by atoms with Crippen molar-refractivity contribution in [2.24, 2.45) is 5.41 Å². The number of aryl methyl sites for hydroxylation is 1. The van der Waals surface area contributed by atoms with Gasteiger partial charge in [0.2, 0.25) is 0 Å². The number of aliphatic hydroxyl groups excluding tert-OH is 1. The van der Waals surface area contributed by atoms with Gasteiger partial charge in [-0.2, -0.15) is 0 Å². The normalized spacial score (nSPS) is 13.9. The van der Waals surface area contributed by atoms with Gasteiger partial charge in [-0.1, -0.05) is 6.92 Å². The number of rotatable bonds is 4. The van der Waals surface area contributed by atoms with E-state index in [1.165, 1.54) is 25.2 Å². The van der Waals surface area contributed by atoms with Crippen LogP contribution >= 0.6 is 11.3 Å². The highest BCUT2D eigenvalue weighted by Crippen LogP contribution is 2.36. The van der Waals surface area contributed by atoms with Crippen LogP contribution in [0, 0.1) is 5.41 Å². The maximum atomic E-state index is 11.0. The van der Waals surface area contributed by atoms with E-state index in [-0.39, 0.29) is 0 Å². The molecule has 3 nitrogen and oxygen atoms in total. The Hall–Kier alpha value is -0.870. The number of carboxylic acid groups (broad SMARTS) is 1. The van der Waals surface area contributed by atoms with Gasteiger partial charge in [-0.25, -0.2) is 0 Å². The molecule has 0 aliphatic rings. The number of carbonyl (C=O) groups is 1. The minimum Gasteiger partial charge on any atom is -0.481 e. The molecule has 0 amide bonds. The lowest BCUT2D eigenvalue weighted by atomic mass is 9.86. The maximum Gasteiger partial charge on any atom is 0.312 e. The van der Waals surface area contributed by atoms with Crippen molar-refractivity contribution in [2.75, 3.05) is 0 Å². The second-order valence-electron chi connectivity index (χ2n) is 4.09. The molecule has 15 heavy (non-hydrogen) atoms. The van der Waals surface area contributed by atoms with Crippen molar-refractivity contribution in [3.8, 4) is 0 Å². The predicted octanol–water partition coefficient (Wildman–Crippen LogP) is 2.45. The number of carboxylic acids is 1. The summed E-state index contributed by atoms with van der Waals surface area (Å²) in [5, 5.41) is 18.9. The Kier molecular flexibility index (Phi) is 3.52. The third-order valence-electron chi connectivity index (χ3n) is 2.54. The third-order valence-corrected chi connectivity index (χ3v) is 3.82. The molecule has 4 heteroatoms. The number of aliphatic carboxylic acids is 1. The number of hydrogen-bond donors (Lipinski definition) is 2. The molecule has 1 rings (SSSR count). The molecule has 0 fully saturated rings. The van der Waals surface area contributed by atoms with Crippen LogP contribution in [0.1, 0.15) is 36.6 Å². The molecule has 1 atom stereocenters. The first kappa shape index (κ1) is 12.2. The summed E-state index contributed by atoms with van der Waals surface area (Å²) >= 11 is 1.47. The Morgan fingerprint density at radius 1 is 1.53 bits per heavy atom. The van der Waals surface area contributed by atoms with Crippen LogP contribution in [0.5, 0.6) is 0 Å². The average Bonchev–Trinajstić information content (AvgIpc) is 2.64. The molecule has 84 valence electrons. The van der Waals surface area contributed by atoms with E-state index < -0.39 is 17.5 Å². The van der Waals surface area contributed by atoms with Gasteiger partial charge in [0, 0.05) is 9.75 Å². The molecule has 0 spiro atoms. The van der Waals surface area contributed by atoms with Crippen LogP contribution in [-0.4, -0.2) is 16.2 Å². The zero-order chi connectivity index (χ0) is 11.6. The summed E-state index contributed by atoms with van der Waals surface area (Å²) in [5.41, 5.74) is -1.14. The zero-order valence-electron chi connectivity index (χ0n) is 9.15. The van der Waals surface area contributed by atoms with Crippen LogP contribution in [0.15, 0.2) is 12.1 Å². The highest BCUT2D eigenvalue weighted by molar-refractivity contribution is 7.12. The second-order valence-corrected chi connectivity index (χ2v) is 5.29. The van der Waals surface area contributed by atoms with Crippen LogP contribution in [0.2, 0.25) is 0 Å². The molecule has 0 bridgehead atoms. The number of hydrogen-bond acceptors (Lipinski definition) is 3. The Morgan fingerprint density at radius 3 is 2.53 bits per heavy atom. The van der Waals surface area contributed by atoms with E-state index in [9.17, 15) is 9.90 Å². The van der Waals surface area contributed by atoms with Gasteiger partial charge >= 0.3 is 5.97 Å². The topological polar surface area (TPSA) is 57.5 Å². The molecule has 1 heterocycles. The summed E-state index contributed by atoms with van der Waals surface area (Å²) in [6, 6.07) is 3.74. The lowest BCUT2D eigenvalue weighted by Gasteiger charge is -2.24. The summed E-state index contributed by atoms with van der Waals surface area (Å²) in [7, 11) is 0. The summed E-state index contributed by atoms with van der Waals surface area (Å²) in [5.74, 6) is -0.985. The molecule has 1 aromatic heterocycles. The van der Waals surface area contributed by atoms with E-state index in [2.05, 4.69) is 0 Å². The van der Waals surface area contributed by atoms with Gasteiger partial charge < -0.3 is 10.2 Å². The van der Waals surface area contributed by atoms with Gasteiger partial charge in [-0.3, -0.25) is 4.79 Å². The Labute approximate surface area is 93.4 Å². The number of thiophene rings is 1. The summed E-state index contributed by atoms with van der Waals surface area (Å²) < 4.78 is 0. The molecular formula is C11H16O3S. The molecule has 1 unspecified atom stereocenters. The van der Waals surface area contributed by atoms with E-state index in [1.54, 1.807) is 6.07 Å². The van der Waals surface area contributed by atoms with Gasteiger partial charge in [0.15, 0.2) is 0 Å². The minimum atomic E-state index is -1.14. The van der Waals surface area contributed by atoms with Crippen molar-refractivity contribution in [3.05, 3.63) is 21.9 Å². The average molecular weight is 228 g/mol. The van der Waals surface area contributed by atoms with Crippen LogP contribution in [0.3, 0.4) is 0 Å². The van der Waals surface area contributed by atoms with Crippen molar-refractivity contribution in [3.63, 3.8) is 0 Å². The summed E-state index contributed by atoms with van der Waals surface area (Å²) in [4.78, 5) is 12.8. The molecular weight excluding hydrogens is 212 g/mol. The van der Waals surface area contributed by atoms with Crippen molar-refractivity contribution in [1.82, 2.24) is 0 Å². The van der Waals surface area contributed by atoms with Crippen LogP contribution in [0.25, 0.3) is 0 Å². The van der Waals surface area contributed by atoms with Crippen molar-refractivity contribution >= 4 is 17.3 Å². The monoisotopic (exact) mass is 228 g/mol. The van der Waals surface area contributed by atoms with Crippen LogP contribution < -0.4 is 0 Å². The van der Waals surface area contributed by atoms with Crippen LogP contribution in [-0.2, 0) is 11.2 Å². The second kappa shape index (κ2) is 4.33. The highest BCUT2D eigenvalue weighted by Gasteiger charge is 2.37. The molecule has 0 aromatic carbocycles. The van der Waals surface area contributed by atoms with E-state index in [4.69, 9.17) is 5.11 Å². The predicted molar refractivity (Wildman–Crippen MR) is 60.1 cm³/mol. The molecule has 2 N–H and O–H groups in total. The fourth-order valence-corrected chi connectivity index (χ4v) is 2.33. The van der Waals surface area contributed by atoms with Gasteiger partial charge in [0.1, 0.15) is 6.10 Å². The quantitative estimate of drug-likeness (QED) is 0.832. The first-order valence-corrected chi connectivity index (χ1v) is 5.71. The van der Waals surface area contributed by atoms with E-state index >= 15 is 0 Å². The SMILES string of the molecule is CCc1ccc(C(O)C(C)(C)C(=O)O)s1. The molecule has 0 aliphatic carbocycles. The zero-order valence-corrected chi connectivity index (χ0v) is 9.97. The standard InChI is InChI=1S/C11H16O3S/c1-4-7-5-6-8(15-7)9(12)11(2,3)10(13)14/h5-6,9,12H,4H2,1-3H3,(H,13,14). The first-order valence-electron chi connectivity index (χ1n) is 4.89. The summed E-state index contributed by atoms with van der Waals surface area (Å²) in [6.45, 7) is 5.10. The van der Waals surface area contributed by atoms with E-state index in [0.29, 0.717) is 0 Å². The van der Waals surface area contributed by atoms with Gasteiger partial charge in [0.05, 0.1) is 5.41 Å². The Bertz CT molecular complexity index is 354. The van der Waals surface area contributed by atoms with E-state index in [0.717, 1.165) is 16.2 Å². The fourth-order valence-electron chi connectivity index (χ4n) is 1.20. The lowest BCUT2D eigenvalue weighted by molar-refractivity contribution is -0.153. The van der Waals surface area contributed by atoms with Gasteiger partial charge in [-0.05, 0) is 32.4 Å². The number of aliphatic hydroxyl groups is 1. The molecule has 0 saturated carbocycles. The van der Waals surface area contributed by atoms with Gasteiger partial charge in [-0.15, -0.1) is 11.3 Å². The van der Waals surface area contributed by atoms with Crippen molar-refractivity contribution < 1.29 is 15.0 Å². The fraction of sp³-hybridized carbons (Fsp3) is 0.545. The lowest BCUT2D eigenvalue weighted by Crippen LogP contribution is -2.30. The summed E-state index contributed by atoms with van der Waals surface area (Å²) in [6.07, 6.45) is -0.0365. The molecule has 0 aliphatic heterocycles. The van der Waals surface area contributed by atoms with Crippen LogP contribution in [0.4, 0.5) is 0 Å². The largest absolute Gasteiger partial charge is 0.481 e. The van der Waals surface area contributed by atoms with Crippen molar-refractivity contribution in [2.45, 2.75) is 33.3 Å². The maximum absolute atomic E-state index is 11.0. The Balaban J connectivity index is 2.93. The van der Waals surface area contributed by atoms with Crippen molar-refractivity contribution in [1.29, 1.82) is 0 Å². The third kappa shape index (κ3) is 2.38. The molecule has 0 radical (unpaired) electrons. The Morgan fingerprint density at radius 2 is 2.13 bits per heavy atom.